The quantitative estimate of drug-likeness (QED) is 0.887. The predicted octanol–water partition coefficient (Wildman–Crippen LogP) is 2.49. The molecule has 1 atom stereocenters. The van der Waals surface area contributed by atoms with Crippen molar-refractivity contribution in [2.75, 3.05) is 6.54 Å². The number of hydrogen-bond acceptors (Lipinski definition) is 3. The molecule has 1 amide bonds. The molecule has 1 aromatic heterocycles. The molecule has 18 heavy (non-hydrogen) atoms. The van der Waals surface area contributed by atoms with Crippen molar-refractivity contribution < 1.29 is 4.79 Å². The van der Waals surface area contributed by atoms with Crippen molar-refractivity contribution in [3.63, 3.8) is 0 Å². The first-order valence-corrected chi connectivity index (χ1v) is 6.69. The Kier molecular flexibility index (Phi) is 4.12. The Bertz CT molecular complexity index is 522. The number of hydrogen-bond donors (Lipinski definition) is 2. The van der Waals surface area contributed by atoms with E-state index in [9.17, 15) is 4.79 Å². The predicted molar refractivity (Wildman–Crippen MR) is 74.8 cm³/mol. The number of thiophene rings is 1. The summed E-state index contributed by atoms with van der Waals surface area (Å²) in [5, 5.41) is 4.79. The van der Waals surface area contributed by atoms with Gasteiger partial charge in [-0.25, -0.2) is 0 Å². The summed E-state index contributed by atoms with van der Waals surface area (Å²) in [5.74, 6) is -0.0473. The zero-order valence-electron chi connectivity index (χ0n) is 10.2. The molecule has 0 radical (unpaired) electrons. The number of amides is 1. The van der Waals surface area contributed by atoms with Crippen molar-refractivity contribution in [3.05, 3.63) is 57.8 Å². The Labute approximate surface area is 111 Å². The second-order valence-corrected chi connectivity index (χ2v) is 5.08. The van der Waals surface area contributed by atoms with Crippen molar-refractivity contribution in [1.82, 2.24) is 5.32 Å². The summed E-state index contributed by atoms with van der Waals surface area (Å²) in [7, 11) is 0. The van der Waals surface area contributed by atoms with Crippen LogP contribution in [0.4, 0.5) is 0 Å². The van der Waals surface area contributed by atoms with Crippen LogP contribution < -0.4 is 11.1 Å². The Morgan fingerprint density at radius 1 is 1.33 bits per heavy atom. The number of benzene rings is 1. The SMILES string of the molecule is Cc1ccsc1C(=O)NCC(N)c1ccccc1. The van der Waals surface area contributed by atoms with Crippen LogP contribution in [0.15, 0.2) is 41.8 Å². The van der Waals surface area contributed by atoms with Gasteiger partial charge in [-0.1, -0.05) is 30.3 Å². The van der Waals surface area contributed by atoms with Gasteiger partial charge in [-0.05, 0) is 29.5 Å². The largest absolute Gasteiger partial charge is 0.349 e. The van der Waals surface area contributed by atoms with Crippen LogP contribution in [0.5, 0.6) is 0 Å². The monoisotopic (exact) mass is 260 g/mol. The highest BCUT2D eigenvalue weighted by Gasteiger charge is 2.12. The molecule has 0 saturated heterocycles. The number of nitrogens with two attached hydrogens (primary N) is 1. The van der Waals surface area contributed by atoms with Gasteiger partial charge in [0.2, 0.25) is 0 Å². The lowest BCUT2D eigenvalue weighted by atomic mass is 10.1. The maximum absolute atomic E-state index is 11.9. The van der Waals surface area contributed by atoms with Crippen molar-refractivity contribution >= 4 is 17.2 Å². The Morgan fingerprint density at radius 3 is 2.67 bits per heavy atom. The van der Waals surface area contributed by atoms with E-state index in [1.165, 1.54) is 11.3 Å². The average molecular weight is 260 g/mol. The lowest BCUT2D eigenvalue weighted by Crippen LogP contribution is -2.31. The first-order chi connectivity index (χ1) is 8.68. The minimum Gasteiger partial charge on any atom is -0.349 e. The Hall–Kier alpha value is -1.65. The molecule has 1 unspecified atom stereocenters. The Morgan fingerprint density at radius 2 is 2.06 bits per heavy atom. The molecule has 3 nitrogen and oxygen atoms in total. The van der Waals surface area contributed by atoms with Crippen molar-refractivity contribution in [1.29, 1.82) is 0 Å². The maximum atomic E-state index is 11.9. The normalized spacial score (nSPS) is 12.1. The molecule has 0 fully saturated rings. The third kappa shape index (κ3) is 2.97. The topological polar surface area (TPSA) is 55.1 Å². The van der Waals surface area contributed by atoms with E-state index in [-0.39, 0.29) is 11.9 Å². The molecule has 3 N–H and O–H groups in total. The number of nitrogens with one attached hydrogen (secondary N) is 1. The van der Waals surface area contributed by atoms with Gasteiger partial charge in [-0.3, -0.25) is 4.79 Å². The highest BCUT2D eigenvalue weighted by molar-refractivity contribution is 7.12. The fourth-order valence-electron chi connectivity index (χ4n) is 1.71. The van der Waals surface area contributed by atoms with Crippen LogP contribution in [0, 0.1) is 6.92 Å². The van der Waals surface area contributed by atoms with E-state index in [0.29, 0.717) is 6.54 Å². The van der Waals surface area contributed by atoms with Crippen LogP contribution >= 0.6 is 11.3 Å². The van der Waals surface area contributed by atoms with Gasteiger partial charge in [-0.15, -0.1) is 11.3 Å². The molecule has 1 heterocycles. The van der Waals surface area contributed by atoms with E-state index in [4.69, 9.17) is 5.73 Å². The van der Waals surface area contributed by atoms with Crippen molar-refractivity contribution in [2.24, 2.45) is 5.73 Å². The Balaban J connectivity index is 1.93. The summed E-state index contributed by atoms with van der Waals surface area (Å²) >= 11 is 1.45. The summed E-state index contributed by atoms with van der Waals surface area (Å²) in [6.07, 6.45) is 0. The molecule has 2 rings (SSSR count). The van der Waals surface area contributed by atoms with Gasteiger partial charge in [0.1, 0.15) is 0 Å². The van der Waals surface area contributed by atoms with E-state index in [0.717, 1.165) is 16.0 Å². The molecule has 0 bridgehead atoms. The second kappa shape index (κ2) is 5.80. The van der Waals surface area contributed by atoms with E-state index in [1.807, 2.05) is 48.7 Å². The fourth-order valence-corrected chi connectivity index (χ4v) is 2.55. The van der Waals surface area contributed by atoms with Gasteiger partial charge >= 0.3 is 0 Å². The minimum absolute atomic E-state index is 0.0473. The second-order valence-electron chi connectivity index (χ2n) is 4.16. The van der Waals surface area contributed by atoms with E-state index in [2.05, 4.69) is 5.32 Å². The molecule has 1 aromatic carbocycles. The maximum Gasteiger partial charge on any atom is 0.261 e. The fraction of sp³-hybridized carbons (Fsp3) is 0.214. The minimum atomic E-state index is -0.171. The van der Waals surface area contributed by atoms with Gasteiger partial charge in [0.05, 0.1) is 4.88 Å². The number of rotatable bonds is 4. The first kappa shape index (κ1) is 12.8. The first-order valence-electron chi connectivity index (χ1n) is 5.81. The molecule has 0 saturated carbocycles. The molecule has 94 valence electrons. The van der Waals surface area contributed by atoms with E-state index >= 15 is 0 Å². The van der Waals surface area contributed by atoms with Gasteiger partial charge in [0, 0.05) is 12.6 Å². The highest BCUT2D eigenvalue weighted by Crippen LogP contribution is 2.15. The lowest BCUT2D eigenvalue weighted by molar-refractivity contribution is 0.0954. The highest BCUT2D eigenvalue weighted by atomic mass is 32.1. The number of carbonyl (C=O) groups excluding carboxylic acids is 1. The summed E-state index contributed by atoms with van der Waals surface area (Å²) in [6, 6.07) is 11.5. The third-order valence-corrected chi connectivity index (χ3v) is 3.79. The van der Waals surface area contributed by atoms with Gasteiger partial charge in [0.15, 0.2) is 0 Å². The molecular formula is C14H16N2OS. The standard InChI is InChI=1S/C14H16N2OS/c1-10-7-8-18-13(10)14(17)16-9-12(15)11-5-3-2-4-6-11/h2-8,12H,9,15H2,1H3,(H,16,17). The summed E-state index contributed by atoms with van der Waals surface area (Å²) in [5.41, 5.74) is 8.06. The van der Waals surface area contributed by atoms with Crippen LogP contribution in [-0.2, 0) is 0 Å². The lowest BCUT2D eigenvalue weighted by Gasteiger charge is -2.12. The van der Waals surface area contributed by atoms with Crippen LogP contribution in [0.3, 0.4) is 0 Å². The van der Waals surface area contributed by atoms with Gasteiger partial charge in [-0.2, -0.15) is 0 Å². The third-order valence-electron chi connectivity index (χ3n) is 2.78. The summed E-state index contributed by atoms with van der Waals surface area (Å²) < 4.78 is 0. The van der Waals surface area contributed by atoms with Crippen molar-refractivity contribution in [3.8, 4) is 0 Å². The van der Waals surface area contributed by atoms with Crippen molar-refractivity contribution in [2.45, 2.75) is 13.0 Å². The molecule has 0 spiro atoms. The average Bonchev–Trinajstić information content (AvgIpc) is 2.83. The molecule has 0 aliphatic heterocycles. The van der Waals surface area contributed by atoms with Crippen LogP contribution in [0.2, 0.25) is 0 Å². The molecule has 0 aliphatic rings. The van der Waals surface area contributed by atoms with Crippen LogP contribution in [0.25, 0.3) is 0 Å². The molecule has 4 heteroatoms. The molecular weight excluding hydrogens is 244 g/mol. The number of carbonyl (C=O) groups is 1. The smallest absolute Gasteiger partial charge is 0.261 e. The molecule has 2 aromatic rings. The van der Waals surface area contributed by atoms with Gasteiger partial charge in [0.25, 0.3) is 5.91 Å². The van der Waals surface area contributed by atoms with Crippen LogP contribution in [0.1, 0.15) is 26.8 Å². The zero-order valence-corrected chi connectivity index (χ0v) is 11.0. The zero-order chi connectivity index (χ0) is 13.0. The van der Waals surface area contributed by atoms with Gasteiger partial charge < -0.3 is 11.1 Å². The number of aryl methyl sites for hydroxylation is 1. The van der Waals surface area contributed by atoms with E-state index in [1.54, 1.807) is 0 Å². The summed E-state index contributed by atoms with van der Waals surface area (Å²) in [6.45, 7) is 2.38. The molecule has 0 aliphatic carbocycles. The van der Waals surface area contributed by atoms with Crippen LogP contribution in [-0.4, -0.2) is 12.5 Å². The van der Waals surface area contributed by atoms with E-state index < -0.39 is 0 Å². The summed E-state index contributed by atoms with van der Waals surface area (Å²) in [4.78, 5) is 12.7.